The number of fused-ring (bicyclic) bond motifs is 4. The Morgan fingerprint density at radius 2 is 1.41 bits per heavy atom. The van der Waals surface area contributed by atoms with Crippen LogP contribution in [0.15, 0.2) is 108 Å². The zero-order valence-corrected chi connectivity index (χ0v) is 15.8. The summed E-state index contributed by atoms with van der Waals surface area (Å²) in [6, 6.07) is 34.0. The van der Waals surface area contributed by atoms with Crippen molar-refractivity contribution in [3.05, 3.63) is 120 Å². The molecule has 0 saturated heterocycles. The summed E-state index contributed by atoms with van der Waals surface area (Å²) in [7, 11) is 0. The molecule has 0 amide bonds. The predicted octanol–water partition coefficient (Wildman–Crippen LogP) is 7.18. The molecule has 0 aliphatic carbocycles. The highest BCUT2D eigenvalue weighted by atomic mass is 16.3. The van der Waals surface area contributed by atoms with Crippen LogP contribution >= 0.6 is 0 Å². The van der Waals surface area contributed by atoms with E-state index in [0.29, 0.717) is 0 Å². The van der Waals surface area contributed by atoms with E-state index in [1.807, 2.05) is 12.1 Å². The van der Waals surface area contributed by atoms with Crippen LogP contribution in [-0.2, 0) is 0 Å². The first kappa shape index (κ1) is 16.2. The Morgan fingerprint density at radius 1 is 0.655 bits per heavy atom. The fourth-order valence-electron chi connectivity index (χ4n) is 4.29. The van der Waals surface area contributed by atoms with Gasteiger partial charge in [-0.25, -0.2) is 0 Å². The quantitative estimate of drug-likeness (QED) is 0.354. The molecule has 1 N–H and O–H groups in total. The molecule has 1 aliphatic heterocycles. The Morgan fingerprint density at radius 3 is 2.34 bits per heavy atom. The molecule has 1 aromatic heterocycles. The molecule has 0 saturated carbocycles. The highest BCUT2D eigenvalue weighted by Gasteiger charge is 2.21. The van der Waals surface area contributed by atoms with Gasteiger partial charge < -0.3 is 9.73 Å². The van der Waals surface area contributed by atoms with Gasteiger partial charge in [-0.2, -0.15) is 0 Å². The number of nitrogens with one attached hydrogen (secondary N) is 1. The van der Waals surface area contributed by atoms with Crippen LogP contribution in [0.25, 0.3) is 27.5 Å². The minimum atomic E-state index is 0.132. The summed E-state index contributed by atoms with van der Waals surface area (Å²) in [6.45, 7) is 0. The van der Waals surface area contributed by atoms with E-state index in [9.17, 15) is 0 Å². The van der Waals surface area contributed by atoms with Crippen LogP contribution in [0.1, 0.15) is 22.7 Å². The second-order valence-electron chi connectivity index (χ2n) is 7.47. The molecule has 6 rings (SSSR count). The smallest absolute Gasteiger partial charge is 0.136 e. The highest BCUT2D eigenvalue weighted by Crippen LogP contribution is 2.40. The molecule has 5 aromatic rings. The standard InChI is InChI=1S/C27H19NO/c1-2-8-18(9-3-1)25-17-23(20-10-4-6-12-24(20)28-25)19-14-15-22-21-11-5-7-13-26(21)29-27(22)16-19/h1-17,25,28H. The molecule has 4 aromatic carbocycles. The molecular weight excluding hydrogens is 354 g/mol. The molecule has 29 heavy (non-hydrogen) atoms. The Hall–Kier alpha value is -3.78. The maximum absolute atomic E-state index is 6.14. The van der Waals surface area contributed by atoms with Crippen molar-refractivity contribution >= 4 is 33.2 Å². The first-order chi connectivity index (χ1) is 14.4. The Labute approximate surface area is 169 Å². The molecule has 138 valence electrons. The molecule has 2 heteroatoms. The number of furan rings is 1. The van der Waals surface area contributed by atoms with Gasteiger partial charge in [0.1, 0.15) is 11.2 Å². The number of anilines is 1. The number of para-hydroxylation sites is 2. The van der Waals surface area contributed by atoms with E-state index < -0.39 is 0 Å². The molecule has 0 bridgehead atoms. The van der Waals surface area contributed by atoms with Gasteiger partial charge in [-0.05, 0) is 47.0 Å². The highest BCUT2D eigenvalue weighted by molar-refractivity contribution is 6.06. The van der Waals surface area contributed by atoms with Gasteiger partial charge in [-0.1, -0.05) is 72.8 Å². The first-order valence-electron chi connectivity index (χ1n) is 9.91. The van der Waals surface area contributed by atoms with Gasteiger partial charge in [-0.3, -0.25) is 0 Å². The van der Waals surface area contributed by atoms with E-state index >= 15 is 0 Å². The van der Waals surface area contributed by atoms with Crippen LogP contribution in [0, 0.1) is 0 Å². The minimum absolute atomic E-state index is 0.132. The van der Waals surface area contributed by atoms with Crippen molar-refractivity contribution in [3.8, 4) is 0 Å². The molecule has 1 unspecified atom stereocenters. The minimum Gasteiger partial charge on any atom is -0.456 e. The van der Waals surface area contributed by atoms with E-state index in [1.165, 1.54) is 22.3 Å². The van der Waals surface area contributed by atoms with Crippen LogP contribution in [0.3, 0.4) is 0 Å². The second kappa shape index (κ2) is 6.39. The van der Waals surface area contributed by atoms with Gasteiger partial charge in [0, 0.05) is 22.0 Å². The van der Waals surface area contributed by atoms with Crippen LogP contribution in [0.2, 0.25) is 0 Å². The summed E-state index contributed by atoms with van der Waals surface area (Å²) in [5.74, 6) is 0. The Balaban J connectivity index is 1.54. The molecular formula is C27H19NO. The Bertz CT molecular complexity index is 1380. The van der Waals surface area contributed by atoms with Gasteiger partial charge in [0.2, 0.25) is 0 Å². The van der Waals surface area contributed by atoms with Gasteiger partial charge in [0.15, 0.2) is 0 Å². The molecule has 1 atom stereocenters. The zero-order valence-electron chi connectivity index (χ0n) is 15.8. The van der Waals surface area contributed by atoms with Gasteiger partial charge in [-0.15, -0.1) is 0 Å². The summed E-state index contributed by atoms with van der Waals surface area (Å²) in [5, 5.41) is 5.99. The van der Waals surface area contributed by atoms with Crippen molar-refractivity contribution in [2.24, 2.45) is 0 Å². The van der Waals surface area contributed by atoms with Gasteiger partial charge in [0.25, 0.3) is 0 Å². The molecule has 0 fully saturated rings. The van der Waals surface area contributed by atoms with Crippen molar-refractivity contribution in [1.29, 1.82) is 0 Å². The Kier molecular flexibility index (Phi) is 3.57. The lowest BCUT2D eigenvalue weighted by Gasteiger charge is -2.27. The van der Waals surface area contributed by atoms with Crippen molar-refractivity contribution < 1.29 is 4.42 Å². The van der Waals surface area contributed by atoms with Gasteiger partial charge >= 0.3 is 0 Å². The summed E-state index contributed by atoms with van der Waals surface area (Å²) in [4.78, 5) is 0. The van der Waals surface area contributed by atoms with Crippen LogP contribution in [0.4, 0.5) is 5.69 Å². The first-order valence-corrected chi connectivity index (χ1v) is 9.91. The lowest BCUT2D eigenvalue weighted by atomic mass is 9.89. The fourth-order valence-corrected chi connectivity index (χ4v) is 4.29. The lowest BCUT2D eigenvalue weighted by Crippen LogP contribution is -2.14. The summed E-state index contributed by atoms with van der Waals surface area (Å²) in [6.07, 6.45) is 2.32. The van der Waals surface area contributed by atoms with Crippen LogP contribution in [0.5, 0.6) is 0 Å². The van der Waals surface area contributed by atoms with E-state index in [-0.39, 0.29) is 6.04 Å². The van der Waals surface area contributed by atoms with E-state index in [4.69, 9.17) is 4.42 Å². The average Bonchev–Trinajstić information content (AvgIpc) is 3.17. The van der Waals surface area contributed by atoms with E-state index in [2.05, 4.69) is 96.3 Å². The SMILES string of the molecule is C1=C(c2ccc3c(c2)oc2ccccc23)c2ccccc2NC1c1ccccc1. The number of hydrogen-bond donors (Lipinski definition) is 1. The van der Waals surface area contributed by atoms with E-state index in [0.717, 1.165) is 27.6 Å². The topological polar surface area (TPSA) is 25.2 Å². The third-order valence-corrected chi connectivity index (χ3v) is 5.71. The second-order valence-corrected chi connectivity index (χ2v) is 7.47. The lowest BCUT2D eigenvalue weighted by molar-refractivity contribution is 0.669. The fraction of sp³-hybridized carbons (Fsp3) is 0.0370. The van der Waals surface area contributed by atoms with Gasteiger partial charge in [0.05, 0.1) is 6.04 Å². The van der Waals surface area contributed by atoms with Crippen molar-refractivity contribution in [1.82, 2.24) is 0 Å². The number of benzene rings is 4. The normalized spacial score (nSPS) is 15.7. The van der Waals surface area contributed by atoms with Crippen molar-refractivity contribution in [2.45, 2.75) is 6.04 Å². The number of hydrogen-bond acceptors (Lipinski definition) is 2. The molecule has 0 radical (unpaired) electrons. The summed E-state index contributed by atoms with van der Waals surface area (Å²) < 4.78 is 6.14. The maximum Gasteiger partial charge on any atom is 0.136 e. The molecule has 0 spiro atoms. The van der Waals surface area contributed by atoms with E-state index in [1.54, 1.807) is 0 Å². The number of rotatable bonds is 2. The third kappa shape index (κ3) is 2.65. The van der Waals surface area contributed by atoms with Crippen molar-refractivity contribution in [2.75, 3.05) is 5.32 Å². The van der Waals surface area contributed by atoms with Crippen molar-refractivity contribution in [3.63, 3.8) is 0 Å². The average molecular weight is 373 g/mol. The molecule has 1 aliphatic rings. The maximum atomic E-state index is 6.14. The predicted molar refractivity (Wildman–Crippen MR) is 120 cm³/mol. The zero-order chi connectivity index (χ0) is 19.2. The largest absolute Gasteiger partial charge is 0.456 e. The molecule has 2 heterocycles. The third-order valence-electron chi connectivity index (χ3n) is 5.71. The molecule has 2 nitrogen and oxygen atoms in total. The summed E-state index contributed by atoms with van der Waals surface area (Å²) >= 11 is 0. The van der Waals surface area contributed by atoms with Crippen LogP contribution < -0.4 is 5.32 Å². The monoisotopic (exact) mass is 373 g/mol. The summed E-state index contributed by atoms with van der Waals surface area (Å²) in [5.41, 5.74) is 7.89. The van der Waals surface area contributed by atoms with Crippen LogP contribution in [-0.4, -0.2) is 0 Å².